The van der Waals surface area contributed by atoms with Crippen LogP contribution in [-0.2, 0) is 4.74 Å². The second kappa shape index (κ2) is 6.38. The summed E-state index contributed by atoms with van der Waals surface area (Å²) in [7, 11) is 0. The zero-order chi connectivity index (χ0) is 13.0. The Bertz CT molecular complexity index is 430. The fourth-order valence-corrected chi connectivity index (χ4v) is 2.48. The molecule has 4 nitrogen and oxygen atoms in total. The van der Waals surface area contributed by atoms with Gasteiger partial charge in [-0.05, 0) is 59.5 Å². The van der Waals surface area contributed by atoms with Gasteiger partial charge in [0, 0.05) is 23.3 Å². The number of rotatable bonds is 4. The van der Waals surface area contributed by atoms with Crippen LogP contribution in [0.1, 0.15) is 23.2 Å². The third-order valence-electron chi connectivity index (χ3n) is 3.07. The van der Waals surface area contributed by atoms with E-state index in [1.54, 1.807) is 18.2 Å². The molecule has 1 unspecified atom stereocenters. The molecule has 0 radical (unpaired) electrons. The lowest BCUT2D eigenvalue weighted by Crippen LogP contribution is -2.26. The van der Waals surface area contributed by atoms with E-state index in [0.29, 0.717) is 18.0 Å². The van der Waals surface area contributed by atoms with E-state index >= 15 is 0 Å². The fraction of sp³-hybridized carbons (Fsp3) is 0.462. The fourth-order valence-electron chi connectivity index (χ4n) is 1.99. The molecule has 0 spiro atoms. The van der Waals surface area contributed by atoms with E-state index in [2.05, 4.69) is 27.9 Å². The maximum Gasteiger partial charge on any atom is 0.255 e. The third kappa shape index (κ3) is 3.58. The summed E-state index contributed by atoms with van der Waals surface area (Å²) in [6.45, 7) is 2.25. The van der Waals surface area contributed by atoms with Crippen molar-refractivity contribution in [2.45, 2.75) is 12.8 Å². The van der Waals surface area contributed by atoms with Crippen molar-refractivity contribution in [2.75, 3.05) is 19.8 Å². The number of benzene rings is 1. The van der Waals surface area contributed by atoms with Crippen LogP contribution in [0.25, 0.3) is 0 Å². The third-order valence-corrected chi connectivity index (χ3v) is 3.74. The molecule has 2 N–H and O–H groups in total. The molecule has 1 saturated heterocycles. The van der Waals surface area contributed by atoms with Gasteiger partial charge >= 0.3 is 0 Å². The summed E-state index contributed by atoms with van der Waals surface area (Å²) in [5.74, 6) is 0.358. The SMILES string of the molecule is O=C(NCCC1CCOC1)c1cc(I)ccc1O. The van der Waals surface area contributed by atoms with Crippen molar-refractivity contribution in [1.29, 1.82) is 0 Å². The number of carbonyl (C=O) groups excluding carboxylic acids is 1. The van der Waals surface area contributed by atoms with Gasteiger partial charge in [-0.1, -0.05) is 0 Å². The number of halogens is 1. The van der Waals surface area contributed by atoms with Gasteiger partial charge in [0.15, 0.2) is 0 Å². The molecule has 1 heterocycles. The van der Waals surface area contributed by atoms with Crippen molar-refractivity contribution in [3.8, 4) is 5.75 Å². The number of ether oxygens (including phenoxy) is 1. The topological polar surface area (TPSA) is 58.6 Å². The monoisotopic (exact) mass is 361 g/mol. The molecule has 0 aliphatic carbocycles. The van der Waals surface area contributed by atoms with E-state index in [-0.39, 0.29) is 11.7 Å². The molecule has 98 valence electrons. The molecule has 0 aromatic heterocycles. The first-order valence-corrected chi connectivity index (χ1v) is 7.09. The van der Waals surface area contributed by atoms with Gasteiger partial charge in [-0.25, -0.2) is 0 Å². The molecule has 18 heavy (non-hydrogen) atoms. The van der Waals surface area contributed by atoms with Gasteiger partial charge in [-0.2, -0.15) is 0 Å². The first-order valence-electron chi connectivity index (χ1n) is 6.01. The molecule has 1 atom stereocenters. The van der Waals surface area contributed by atoms with Crippen LogP contribution in [0.5, 0.6) is 5.75 Å². The second-order valence-electron chi connectivity index (χ2n) is 4.44. The maximum absolute atomic E-state index is 11.9. The van der Waals surface area contributed by atoms with Crippen molar-refractivity contribution in [3.63, 3.8) is 0 Å². The number of hydrogen-bond acceptors (Lipinski definition) is 3. The van der Waals surface area contributed by atoms with Gasteiger partial charge in [0.25, 0.3) is 5.91 Å². The Labute approximate surface area is 120 Å². The van der Waals surface area contributed by atoms with Crippen LogP contribution in [0.2, 0.25) is 0 Å². The van der Waals surface area contributed by atoms with Gasteiger partial charge in [-0.15, -0.1) is 0 Å². The summed E-state index contributed by atoms with van der Waals surface area (Å²) in [4.78, 5) is 11.9. The summed E-state index contributed by atoms with van der Waals surface area (Å²) in [6.07, 6.45) is 2.00. The lowest BCUT2D eigenvalue weighted by Gasteiger charge is -2.09. The minimum absolute atomic E-state index is 0.0251. The lowest BCUT2D eigenvalue weighted by molar-refractivity contribution is 0.0947. The van der Waals surface area contributed by atoms with Gasteiger partial charge in [0.2, 0.25) is 0 Å². The molecular weight excluding hydrogens is 345 g/mol. The normalized spacial score (nSPS) is 18.8. The molecule has 1 aromatic carbocycles. The molecule has 1 fully saturated rings. The number of phenolic OH excluding ortho intramolecular Hbond substituents is 1. The first-order chi connectivity index (χ1) is 8.66. The average molecular weight is 361 g/mol. The summed E-state index contributed by atoms with van der Waals surface area (Å²) < 4.78 is 6.21. The maximum atomic E-state index is 11.9. The number of phenols is 1. The van der Waals surface area contributed by atoms with Gasteiger partial charge < -0.3 is 15.2 Å². The average Bonchev–Trinajstić information content (AvgIpc) is 2.85. The van der Waals surface area contributed by atoms with E-state index in [1.807, 2.05) is 0 Å². The van der Waals surface area contributed by atoms with E-state index < -0.39 is 0 Å². The standard InChI is InChI=1S/C13H16INO3/c14-10-1-2-12(16)11(7-10)13(17)15-5-3-9-4-6-18-8-9/h1-2,7,9,16H,3-6,8H2,(H,15,17). The highest BCUT2D eigenvalue weighted by molar-refractivity contribution is 14.1. The highest BCUT2D eigenvalue weighted by atomic mass is 127. The van der Waals surface area contributed by atoms with Crippen LogP contribution in [0.3, 0.4) is 0 Å². The molecule has 1 aliphatic heterocycles. The van der Waals surface area contributed by atoms with Gasteiger partial charge in [-0.3, -0.25) is 4.79 Å². The van der Waals surface area contributed by atoms with Crippen LogP contribution in [0, 0.1) is 9.49 Å². The van der Waals surface area contributed by atoms with Crippen LogP contribution in [-0.4, -0.2) is 30.8 Å². The van der Waals surface area contributed by atoms with E-state index in [0.717, 1.165) is 29.6 Å². The predicted molar refractivity (Wildman–Crippen MR) is 76.7 cm³/mol. The minimum atomic E-state index is -0.218. The number of nitrogens with one attached hydrogen (secondary N) is 1. The summed E-state index contributed by atoms with van der Waals surface area (Å²) >= 11 is 2.12. The highest BCUT2D eigenvalue weighted by Crippen LogP contribution is 2.20. The number of aromatic hydroxyl groups is 1. The van der Waals surface area contributed by atoms with Crippen LogP contribution in [0.4, 0.5) is 0 Å². The Morgan fingerprint density at radius 1 is 1.56 bits per heavy atom. The largest absolute Gasteiger partial charge is 0.507 e. The van der Waals surface area contributed by atoms with Crippen molar-refractivity contribution >= 4 is 28.5 Å². The predicted octanol–water partition coefficient (Wildman–Crippen LogP) is 2.15. The summed E-state index contributed by atoms with van der Waals surface area (Å²) in [5.41, 5.74) is 0.338. The van der Waals surface area contributed by atoms with E-state index in [9.17, 15) is 9.90 Å². The van der Waals surface area contributed by atoms with Crippen LogP contribution in [0.15, 0.2) is 18.2 Å². The highest BCUT2D eigenvalue weighted by Gasteiger charge is 2.16. The van der Waals surface area contributed by atoms with Crippen LogP contribution < -0.4 is 5.32 Å². The Morgan fingerprint density at radius 3 is 3.11 bits per heavy atom. The molecule has 0 saturated carbocycles. The molecular formula is C13H16INO3. The van der Waals surface area contributed by atoms with Crippen molar-refractivity contribution < 1.29 is 14.6 Å². The van der Waals surface area contributed by atoms with E-state index in [4.69, 9.17) is 4.74 Å². The first kappa shape index (κ1) is 13.6. The van der Waals surface area contributed by atoms with Crippen molar-refractivity contribution in [2.24, 2.45) is 5.92 Å². The number of hydrogen-bond donors (Lipinski definition) is 2. The van der Waals surface area contributed by atoms with Crippen molar-refractivity contribution in [1.82, 2.24) is 5.32 Å². The van der Waals surface area contributed by atoms with Crippen molar-refractivity contribution in [3.05, 3.63) is 27.3 Å². The minimum Gasteiger partial charge on any atom is -0.507 e. The Morgan fingerprint density at radius 2 is 2.39 bits per heavy atom. The summed E-state index contributed by atoms with van der Waals surface area (Å²) in [5, 5.41) is 12.5. The summed E-state index contributed by atoms with van der Waals surface area (Å²) in [6, 6.07) is 4.99. The van der Waals surface area contributed by atoms with E-state index in [1.165, 1.54) is 0 Å². The second-order valence-corrected chi connectivity index (χ2v) is 5.68. The lowest BCUT2D eigenvalue weighted by atomic mass is 10.1. The van der Waals surface area contributed by atoms with Gasteiger partial charge in [0.05, 0.1) is 5.56 Å². The molecule has 2 rings (SSSR count). The Hall–Kier alpha value is -0.820. The molecule has 1 aromatic rings. The Balaban J connectivity index is 1.85. The zero-order valence-corrected chi connectivity index (χ0v) is 12.1. The number of carbonyl (C=O) groups is 1. The Kier molecular flexibility index (Phi) is 4.82. The smallest absolute Gasteiger partial charge is 0.255 e. The molecule has 1 aliphatic rings. The quantitative estimate of drug-likeness (QED) is 0.809. The molecule has 5 heteroatoms. The molecule has 0 bridgehead atoms. The zero-order valence-electron chi connectivity index (χ0n) is 9.99. The number of amides is 1. The van der Waals surface area contributed by atoms with Gasteiger partial charge in [0.1, 0.15) is 5.75 Å². The molecule has 1 amide bonds. The van der Waals surface area contributed by atoms with Crippen LogP contribution >= 0.6 is 22.6 Å².